The summed E-state index contributed by atoms with van der Waals surface area (Å²) in [6.07, 6.45) is 4.04. The van der Waals surface area contributed by atoms with Gasteiger partial charge in [-0.1, -0.05) is 18.6 Å². The van der Waals surface area contributed by atoms with Gasteiger partial charge in [0.25, 0.3) is 0 Å². The molecule has 1 N–H and O–H groups in total. The summed E-state index contributed by atoms with van der Waals surface area (Å²) in [4.78, 5) is 6.52. The Hall–Kier alpha value is -2.22. The van der Waals surface area contributed by atoms with Crippen LogP contribution in [0.4, 0.5) is 11.5 Å². The van der Waals surface area contributed by atoms with E-state index in [1.165, 1.54) is 59.4 Å². The average Bonchev–Trinajstić information content (AvgIpc) is 3.19. The topological polar surface area (TPSA) is 39.6 Å². The number of piperazine rings is 1. The van der Waals surface area contributed by atoms with Gasteiger partial charge in [0.05, 0.1) is 5.52 Å². The van der Waals surface area contributed by atoms with Crippen LogP contribution in [0.3, 0.4) is 0 Å². The van der Waals surface area contributed by atoms with Gasteiger partial charge in [0, 0.05) is 75.4 Å². The number of anilines is 2. The van der Waals surface area contributed by atoms with E-state index < -0.39 is 0 Å². The predicted octanol–water partition coefficient (Wildman–Crippen LogP) is 4.99. The number of benzene rings is 2. The molecule has 7 heteroatoms. The van der Waals surface area contributed by atoms with Crippen molar-refractivity contribution in [2.24, 2.45) is 7.05 Å². The van der Waals surface area contributed by atoms with Gasteiger partial charge in [0.1, 0.15) is 0 Å². The Morgan fingerprint density at radius 2 is 1.73 bits per heavy atom. The molecule has 2 fully saturated rings. The highest BCUT2D eigenvalue weighted by atomic mass is 32.2. The summed E-state index contributed by atoms with van der Waals surface area (Å²) in [5.74, 6) is 0.943. The van der Waals surface area contributed by atoms with Gasteiger partial charge in [-0.05, 0) is 67.6 Å². The molecule has 3 heterocycles. The molecule has 0 amide bonds. The molecule has 1 atom stereocenters. The lowest BCUT2D eigenvalue weighted by Gasteiger charge is -2.39. The predicted molar refractivity (Wildman–Crippen MR) is 140 cm³/mol. The van der Waals surface area contributed by atoms with Gasteiger partial charge in [-0.25, -0.2) is 4.31 Å². The first-order valence-electron chi connectivity index (χ1n) is 12.3. The van der Waals surface area contributed by atoms with E-state index >= 15 is 0 Å². The van der Waals surface area contributed by atoms with Crippen LogP contribution in [0.1, 0.15) is 37.8 Å². The molecule has 6 nitrogen and oxygen atoms in total. The number of aryl methyl sites for hydroxylation is 1. The Kier molecular flexibility index (Phi) is 6.81. The number of nitrogens with one attached hydrogen (secondary N) is 1. The molecule has 176 valence electrons. The molecule has 0 saturated carbocycles. The molecular formula is C26H36N6S. The Morgan fingerprint density at radius 3 is 2.48 bits per heavy atom. The van der Waals surface area contributed by atoms with E-state index in [1.54, 1.807) is 0 Å². The third-order valence-electron chi connectivity index (χ3n) is 7.19. The number of hydrogen-bond donors (Lipinski definition) is 1. The molecule has 0 radical (unpaired) electrons. The van der Waals surface area contributed by atoms with Crippen LogP contribution in [0.25, 0.3) is 10.9 Å². The van der Waals surface area contributed by atoms with E-state index in [2.05, 4.69) is 73.9 Å². The highest BCUT2D eigenvalue weighted by molar-refractivity contribution is 7.97. The Labute approximate surface area is 202 Å². The van der Waals surface area contributed by atoms with Crippen molar-refractivity contribution in [3.05, 3.63) is 48.0 Å². The summed E-state index contributed by atoms with van der Waals surface area (Å²) in [5.41, 5.74) is 3.90. The third kappa shape index (κ3) is 4.86. The van der Waals surface area contributed by atoms with E-state index in [-0.39, 0.29) is 0 Å². The second kappa shape index (κ2) is 9.95. The maximum Gasteiger partial charge on any atom is 0.155 e. The second-order valence-electron chi connectivity index (χ2n) is 9.28. The van der Waals surface area contributed by atoms with Crippen molar-refractivity contribution < 1.29 is 0 Å². The van der Waals surface area contributed by atoms with Gasteiger partial charge in [-0.15, -0.1) is 0 Å². The molecule has 2 aliphatic rings. The van der Waals surface area contributed by atoms with Crippen molar-refractivity contribution in [1.82, 2.24) is 19.0 Å². The van der Waals surface area contributed by atoms with Crippen molar-refractivity contribution in [3.63, 3.8) is 0 Å². The molecule has 2 aromatic carbocycles. The summed E-state index contributed by atoms with van der Waals surface area (Å²) in [5, 5.41) is 8.95. The van der Waals surface area contributed by atoms with Gasteiger partial charge in [0.2, 0.25) is 0 Å². The second-order valence-corrected chi connectivity index (χ2v) is 10.4. The van der Waals surface area contributed by atoms with Gasteiger partial charge in [-0.3, -0.25) is 9.58 Å². The quantitative estimate of drug-likeness (QED) is 0.518. The summed E-state index contributed by atoms with van der Waals surface area (Å²) in [7, 11) is 3.95. The first-order valence-corrected chi connectivity index (χ1v) is 13.1. The van der Waals surface area contributed by atoms with Gasteiger partial charge in [0.15, 0.2) is 5.82 Å². The van der Waals surface area contributed by atoms with Crippen molar-refractivity contribution in [2.45, 2.75) is 37.1 Å². The molecule has 33 heavy (non-hydrogen) atoms. The lowest BCUT2D eigenvalue weighted by atomic mass is 10.1. The van der Waals surface area contributed by atoms with Gasteiger partial charge >= 0.3 is 0 Å². The van der Waals surface area contributed by atoms with E-state index in [9.17, 15) is 0 Å². The Balaban J connectivity index is 1.22. The number of nitrogens with zero attached hydrogens (tertiary/aromatic N) is 5. The molecular weight excluding hydrogens is 428 g/mol. The first-order chi connectivity index (χ1) is 16.1. The molecule has 2 aliphatic heterocycles. The molecule has 2 saturated heterocycles. The molecule has 1 aromatic heterocycles. The zero-order chi connectivity index (χ0) is 22.8. The fourth-order valence-electron chi connectivity index (χ4n) is 5.14. The van der Waals surface area contributed by atoms with Crippen LogP contribution in [-0.2, 0) is 7.05 Å². The van der Waals surface area contributed by atoms with Crippen molar-refractivity contribution in [1.29, 1.82) is 0 Å². The highest BCUT2D eigenvalue weighted by Crippen LogP contribution is 2.31. The first kappa shape index (κ1) is 22.6. The average molecular weight is 465 g/mol. The van der Waals surface area contributed by atoms with E-state index in [4.69, 9.17) is 0 Å². The lowest BCUT2D eigenvalue weighted by molar-refractivity contribution is 0.198. The normalized spacial score (nSPS) is 19.2. The van der Waals surface area contributed by atoms with Crippen LogP contribution in [0.15, 0.2) is 47.4 Å². The number of rotatable bonds is 6. The SMILES string of the molecule is CNc1nn(C)c2cc(N3CCN(C(C)c4cccc(SN5CCCCC5)c4)CC3)ccc12. The molecule has 0 spiro atoms. The molecule has 5 rings (SSSR count). The standard InChI is InChI=1S/C26H36N6S/c1-20(21-8-7-9-23(18-21)33-32-12-5-4-6-13-32)30-14-16-31(17-15-30)22-10-11-24-25(19-22)29(3)28-26(24)27-2/h7-11,18-20H,4-6,12-17H2,1-3H3,(H,27,28). The zero-order valence-corrected chi connectivity index (χ0v) is 20.9. The minimum Gasteiger partial charge on any atom is -0.371 e. The molecule has 0 aliphatic carbocycles. The maximum atomic E-state index is 4.58. The van der Waals surface area contributed by atoms with Crippen LogP contribution < -0.4 is 10.2 Å². The van der Waals surface area contributed by atoms with Crippen LogP contribution >= 0.6 is 11.9 Å². The van der Waals surface area contributed by atoms with E-state index in [0.717, 1.165) is 32.0 Å². The largest absolute Gasteiger partial charge is 0.371 e. The van der Waals surface area contributed by atoms with Crippen LogP contribution in [-0.4, -0.2) is 65.3 Å². The Morgan fingerprint density at radius 1 is 0.939 bits per heavy atom. The minimum atomic E-state index is 0.437. The fraction of sp³-hybridized carbons (Fsp3) is 0.500. The van der Waals surface area contributed by atoms with Crippen LogP contribution in [0.2, 0.25) is 0 Å². The fourth-order valence-corrected chi connectivity index (χ4v) is 6.21. The maximum absolute atomic E-state index is 4.58. The molecule has 1 unspecified atom stereocenters. The van der Waals surface area contributed by atoms with Crippen molar-refractivity contribution in [2.75, 3.05) is 56.5 Å². The number of fused-ring (bicyclic) bond motifs is 1. The van der Waals surface area contributed by atoms with Crippen molar-refractivity contribution in [3.8, 4) is 0 Å². The summed E-state index contributed by atoms with van der Waals surface area (Å²) in [6.45, 7) is 9.05. The van der Waals surface area contributed by atoms with Gasteiger partial charge in [-0.2, -0.15) is 5.10 Å². The van der Waals surface area contributed by atoms with Crippen LogP contribution in [0.5, 0.6) is 0 Å². The minimum absolute atomic E-state index is 0.437. The number of hydrogen-bond acceptors (Lipinski definition) is 6. The molecule has 0 bridgehead atoms. The highest BCUT2D eigenvalue weighted by Gasteiger charge is 2.23. The van der Waals surface area contributed by atoms with E-state index in [0.29, 0.717) is 6.04 Å². The van der Waals surface area contributed by atoms with Crippen LogP contribution in [0, 0.1) is 0 Å². The van der Waals surface area contributed by atoms with E-state index in [1.807, 2.05) is 30.7 Å². The number of piperidine rings is 1. The zero-order valence-electron chi connectivity index (χ0n) is 20.1. The van der Waals surface area contributed by atoms with Gasteiger partial charge < -0.3 is 10.2 Å². The monoisotopic (exact) mass is 464 g/mol. The summed E-state index contributed by atoms with van der Waals surface area (Å²) >= 11 is 1.94. The third-order valence-corrected chi connectivity index (χ3v) is 8.28. The number of aromatic nitrogens is 2. The smallest absolute Gasteiger partial charge is 0.155 e. The van der Waals surface area contributed by atoms with Crippen molar-refractivity contribution >= 4 is 34.4 Å². The Bertz CT molecular complexity index is 1080. The molecule has 3 aromatic rings. The lowest BCUT2D eigenvalue weighted by Crippen LogP contribution is -2.47. The summed E-state index contributed by atoms with van der Waals surface area (Å²) in [6, 6.07) is 16.4. The summed E-state index contributed by atoms with van der Waals surface area (Å²) < 4.78 is 4.50.